The Bertz CT molecular complexity index is 775. The molecule has 0 spiro atoms. The molecule has 1 aromatic rings. The third kappa shape index (κ3) is 5.47. The molecule has 3 N–H and O–H groups in total. The summed E-state index contributed by atoms with van der Waals surface area (Å²) in [5.41, 5.74) is 9.30. The number of amides is 1. The SMILES string of the molecule is Cc1cc(C)c(C)c(S(=O)(=O)N2CCC(C(=O)NCCC(C)N)CC2)c1C.Cl. The first-order valence-electron chi connectivity index (χ1n) is 9.66. The molecule has 0 aliphatic carbocycles. The Balaban J connectivity index is 0.00000392. The molecule has 1 aliphatic heterocycles. The molecule has 1 unspecified atom stereocenters. The van der Waals surface area contributed by atoms with Crippen molar-refractivity contribution >= 4 is 28.3 Å². The fraction of sp³-hybridized carbons (Fsp3) is 0.650. The summed E-state index contributed by atoms with van der Waals surface area (Å²) in [6, 6.07) is 2.09. The Hall–Kier alpha value is -1.15. The lowest BCUT2D eigenvalue weighted by Crippen LogP contribution is -2.43. The van der Waals surface area contributed by atoms with Gasteiger partial charge < -0.3 is 11.1 Å². The average molecular weight is 432 g/mol. The Morgan fingerprint density at radius 3 is 2.14 bits per heavy atom. The summed E-state index contributed by atoms with van der Waals surface area (Å²) in [6.07, 6.45) is 1.84. The minimum atomic E-state index is -3.56. The van der Waals surface area contributed by atoms with Crippen LogP contribution in [0, 0.1) is 33.6 Å². The molecule has 6 nitrogen and oxygen atoms in total. The molecule has 8 heteroatoms. The van der Waals surface area contributed by atoms with Gasteiger partial charge in [-0.15, -0.1) is 12.4 Å². The van der Waals surface area contributed by atoms with Crippen LogP contribution in [0.25, 0.3) is 0 Å². The third-order valence-electron chi connectivity index (χ3n) is 5.62. The molecule has 0 saturated carbocycles. The van der Waals surface area contributed by atoms with E-state index in [0.29, 0.717) is 37.4 Å². The van der Waals surface area contributed by atoms with Gasteiger partial charge in [0.05, 0.1) is 4.90 Å². The number of carbonyl (C=O) groups excluding carboxylic acids is 1. The minimum Gasteiger partial charge on any atom is -0.356 e. The maximum atomic E-state index is 13.3. The van der Waals surface area contributed by atoms with Gasteiger partial charge in [-0.05, 0) is 76.1 Å². The number of benzene rings is 1. The van der Waals surface area contributed by atoms with Gasteiger partial charge in [-0.1, -0.05) is 6.07 Å². The number of carbonyl (C=O) groups is 1. The molecule has 1 saturated heterocycles. The van der Waals surface area contributed by atoms with Gasteiger partial charge in [0.15, 0.2) is 0 Å². The van der Waals surface area contributed by atoms with E-state index >= 15 is 0 Å². The van der Waals surface area contributed by atoms with Gasteiger partial charge in [-0.3, -0.25) is 4.79 Å². The highest BCUT2D eigenvalue weighted by atomic mass is 35.5. The molecule has 2 rings (SSSR count). The fourth-order valence-electron chi connectivity index (χ4n) is 3.62. The van der Waals surface area contributed by atoms with E-state index < -0.39 is 10.0 Å². The number of aryl methyl sites for hydroxylation is 2. The molecule has 160 valence electrons. The zero-order valence-electron chi connectivity index (χ0n) is 17.5. The maximum Gasteiger partial charge on any atom is 0.243 e. The van der Waals surface area contributed by atoms with E-state index in [-0.39, 0.29) is 30.3 Å². The maximum absolute atomic E-state index is 13.3. The van der Waals surface area contributed by atoms with E-state index in [1.54, 1.807) is 0 Å². The molecule has 0 aromatic heterocycles. The highest BCUT2D eigenvalue weighted by molar-refractivity contribution is 7.89. The minimum absolute atomic E-state index is 0. The van der Waals surface area contributed by atoms with Crippen molar-refractivity contribution in [1.82, 2.24) is 9.62 Å². The highest BCUT2D eigenvalue weighted by Gasteiger charge is 2.34. The number of rotatable bonds is 6. The molecule has 1 atom stereocenters. The number of nitrogens with one attached hydrogen (secondary N) is 1. The Kier molecular flexibility index (Phi) is 8.93. The number of nitrogens with two attached hydrogens (primary N) is 1. The second-order valence-electron chi connectivity index (χ2n) is 7.82. The second kappa shape index (κ2) is 10.1. The molecule has 1 amide bonds. The standard InChI is InChI=1S/C20H33N3O3S.ClH/c1-13-12-14(2)17(5)19(16(13)4)27(25,26)23-10-7-18(8-11-23)20(24)22-9-6-15(3)21;/h12,15,18H,6-11,21H2,1-5H3,(H,22,24);1H. The first-order chi connectivity index (χ1) is 12.6. The summed E-state index contributed by atoms with van der Waals surface area (Å²) in [5.74, 6) is -0.127. The Labute approximate surface area is 175 Å². The average Bonchev–Trinajstić information content (AvgIpc) is 2.59. The van der Waals surface area contributed by atoms with Crippen LogP contribution in [0.15, 0.2) is 11.0 Å². The monoisotopic (exact) mass is 431 g/mol. The quantitative estimate of drug-likeness (QED) is 0.723. The molecule has 1 heterocycles. The van der Waals surface area contributed by atoms with Crippen molar-refractivity contribution in [2.75, 3.05) is 19.6 Å². The van der Waals surface area contributed by atoms with Crippen LogP contribution in [0.4, 0.5) is 0 Å². The predicted octanol–water partition coefficient (Wildman–Crippen LogP) is 2.60. The third-order valence-corrected chi connectivity index (χ3v) is 7.79. The van der Waals surface area contributed by atoms with Gasteiger partial charge >= 0.3 is 0 Å². The van der Waals surface area contributed by atoms with Crippen molar-refractivity contribution < 1.29 is 13.2 Å². The van der Waals surface area contributed by atoms with Crippen molar-refractivity contribution in [2.24, 2.45) is 11.7 Å². The van der Waals surface area contributed by atoms with Gasteiger partial charge in [-0.2, -0.15) is 4.31 Å². The van der Waals surface area contributed by atoms with E-state index in [4.69, 9.17) is 5.73 Å². The van der Waals surface area contributed by atoms with Crippen LogP contribution in [-0.2, 0) is 14.8 Å². The number of piperidine rings is 1. The van der Waals surface area contributed by atoms with Crippen LogP contribution < -0.4 is 11.1 Å². The summed E-state index contributed by atoms with van der Waals surface area (Å²) in [5, 5.41) is 2.92. The molecule has 0 radical (unpaired) electrons. The van der Waals surface area contributed by atoms with Crippen LogP contribution in [0.2, 0.25) is 0 Å². The fourth-order valence-corrected chi connectivity index (χ4v) is 5.67. The van der Waals surface area contributed by atoms with Crippen LogP contribution in [0.1, 0.15) is 48.4 Å². The molecule has 0 bridgehead atoms. The van der Waals surface area contributed by atoms with Crippen LogP contribution >= 0.6 is 12.4 Å². The van der Waals surface area contributed by atoms with E-state index in [1.807, 2.05) is 40.7 Å². The van der Waals surface area contributed by atoms with E-state index in [0.717, 1.165) is 28.7 Å². The summed E-state index contributed by atoms with van der Waals surface area (Å²) < 4.78 is 28.1. The number of hydrogen-bond acceptors (Lipinski definition) is 4. The van der Waals surface area contributed by atoms with E-state index in [9.17, 15) is 13.2 Å². The van der Waals surface area contributed by atoms with Gasteiger partial charge in [0, 0.05) is 31.6 Å². The summed E-state index contributed by atoms with van der Waals surface area (Å²) in [7, 11) is -3.56. The van der Waals surface area contributed by atoms with Crippen LogP contribution in [-0.4, -0.2) is 44.3 Å². The Morgan fingerprint density at radius 2 is 1.68 bits per heavy atom. The van der Waals surface area contributed by atoms with Gasteiger partial charge in [-0.25, -0.2) is 8.42 Å². The molecular formula is C20H34ClN3O3S. The van der Waals surface area contributed by atoms with Gasteiger partial charge in [0.2, 0.25) is 15.9 Å². The van der Waals surface area contributed by atoms with Crippen molar-refractivity contribution in [3.63, 3.8) is 0 Å². The van der Waals surface area contributed by atoms with Gasteiger partial charge in [0.25, 0.3) is 0 Å². The van der Waals surface area contributed by atoms with Crippen LogP contribution in [0.3, 0.4) is 0 Å². The molecule has 1 aromatic carbocycles. The normalized spacial score (nSPS) is 17.1. The molecule has 1 fully saturated rings. The lowest BCUT2D eigenvalue weighted by atomic mass is 9.97. The van der Waals surface area contributed by atoms with E-state index in [2.05, 4.69) is 5.32 Å². The number of hydrogen-bond donors (Lipinski definition) is 2. The van der Waals surface area contributed by atoms with Crippen molar-refractivity contribution in [2.45, 2.75) is 64.8 Å². The van der Waals surface area contributed by atoms with E-state index in [1.165, 1.54) is 4.31 Å². The molecule has 1 aliphatic rings. The first-order valence-corrected chi connectivity index (χ1v) is 11.1. The topological polar surface area (TPSA) is 92.5 Å². The zero-order valence-corrected chi connectivity index (χ0v) is 19.2. The number of nitrogens with zero attached hydrogens (tertiary/aromatic N) is 1. The van der Waals surface area contributed by atoms with Crippen molar-refractivity contribution in [3.05, 3.63) is 28.3 Å². The Morgan fingerprint density at radius 1 is 1.18 bits per heavy atom. The highest BCUT2D eigenvalue weighted by Crippen LogP contribution is 2.31. The van der Waals surface area contributed by atoms with Crippen molar-refractivity contribution in [1.29, 1.82) is 0 Å². The summed E-state index contributed by atoms with van der Waals surface area (Å²) in [4.78, 5) is 12.7. The molecular weight excluding hydrogens is 398 g/mol. The lowest BCUT2D eigenvalue weighted by molar-refractivity contribution is -0.126. The number of sulfonamides is 1. The van der Waals surface area contributed by atoms with Crippen LogP contribution in [0.5, 0.6) is 0 Å². The number of halogens is 1. The largest absolute Gasteiger partial charge is 0.356 e. The smallest absolute Gasteiger partial charge is 0.243 e. The second-order valence-corrected chi connectivity index (χ2v) is 9.70. The zero-order chi connectivity index (χ0) is 20.4. The first kappa shape index (κ1) is 24.9. The predicted molar refractivity (Wildman–Crippen MR) is 115 cm³/mol. The molecule has 28 heavy (non-hydrogen) atoms. The summed E-state index contributed by atoms with van der Waals surface area (Å²) in [6.45, 7) is 10.8. The van der Waals surface area contributed by atoms with Crippen molar-refractivity contribution in [3.8, 4) is 0 Å². The lowest BCUT2D eigenvalue weighted by Gasteiger charge is -2.32. The van der Waals surface area contributed by atoms with Gasteiger partial charge in [0.1, 0.15) is 0 Å². The summed E-state index contributed by atoms with van der Waals surface area (Å²) >= 11 is 0.